The summed E-state index contributed by atoms with van der Waals surface area (Å²) < 4.78 is 46.5. The minimum Gasteiger partial charge on any atom is -0.466 e. The number of benzene rings is 1. The number of aromatic nitrogens is 1. The average Bonchev–Trinajstić information content (AvgIpc) is 3.02. The molecule has 1 aliphatic rings. The Labute approximate surface area is 176 Å². The van der Waals surface area contributed by atoms with Crippen molar-refractivity contribution in [2.75, 3.05) is 25.1 Å². The van der Waals surface area contributed by atoms with E-state index in [9.17, 15) is 27.9 Å². The molecule has 0 fully saturated rings. The maximum absolute atomic E-state index is 13.0. The van der Waals surface area contributed by atoms with Crippen molar-refractivity contribution < 1.29 is 37.3 Å². The molecule has 1 unspecified atom stereocenters. The second-order valence-electron chi connectivity index (χ2n) is 7.07. The van der Waals surface area contributed by atoms with Crippen LogP contribution in [-0.2, 0) is 9.53 Å². The van der Waals surface area contributed by atoms with Crippen LogP contribution < -0.4 is 9.64 Å². The molecule has 1 aliphatic heterocycles. The fourth-order valence-corrected chi connectivity index (χ4v) is 3.56. The summed E-state index contributed by atoms with van der Waals surface area (Å²) in [6.45, 7) is 3.22. The largest absolute Gasteiger partial charge is 0.573 e. The summed E-state index contributed by atoms with van der Waals surface area (Å²) in [5.74, 6) is -1.30. The molecular formula is C20H22F3N3O5. The van der Waals surface area contributed by atoms with Crippen LogP contribution in [-0.4, -0.2) is 59.8 Å². The highest BCUT2D eigenvalue weighted by Crippen LogP contribution is 2.39. The number of hydrogen-bond acceptors (Lipinski definition) is 6. The third-order valence-corrected chi connectivity index (χ3v) is 4.87. The quantitative estimate of drug-likeness (QED) is 0.529. The highest BCUT2D eigenvalue weighted by Gasteiger charge is 2.38. The lowest BCUT2D eigenvalue weighted by Gasteiger charge is -2.39. The Morgan fingerprint density at radius 1 is 1.29 bits per heavy atom. The zero-order valence-electron chi connectivity index (χ0n) is 17.1. The first-order valence-corrected chi connectivity index (χ1v) is 9.43. The molecule has 1 atom stereocenters. The number of anilines is 1. The molecular weight excluding hydrogens is 419 g/mol. The van der Waals surface area contributed by atoms with Crippen LogP contribution in [0, 0.1) is 6.92 Å². The van der Waals surface area contributed by atoms with Crippen molar-refractivity contribution in [3.05, 3.63) is 35.5 Å². The van der Waals surface area contributed by atoms with Crippen LogP contribution in [0.15, 0.2) is 24.3 Å². The van der Waals surface area contributed by atoms with E-state index < -0.39 is 24.6 Å². The van der Waals surface area contributed by atoms with Crippen molar-refractivity contribution in [2.24, 2.45) is 0 Å². The molecule has 2 N–H and O–H groups in total. The molecule has 0 saturated carbocycles. The molecule has 0 spiro atoms. The van der Waals surface area contributed by atoms with E-state index in [4.69, 9.17) is 4.74 Å². The fourth-order valence-electron chi connectivity index (χ4n) is 3.56. The van der Waals surface area contributed by atoms with Gasteiger partial charge in [0.05, 0.1) is 18.0 Å². The van der Waals surface area contributed by atoms with Gasteiger partial charge in [0.1, 0.15) is 11.4 Å². The Morgan fingerprint density at radius 2 is 2.00 bits per heavy atom. The van der Waals surface area contributed by atoms with E-state index in [-0.39, 0.29) is 24.6 Å². The molecule has 11 heteroatoms. The summed E-state index contributed by atoms with van der Waals surface area (Å²) in [4.78, 5) is 29.5. The second-order valence-corrected chi connectivity index (χ2v) is 7.07. The van der Waals surface area contributed by atoms with Crippen molar-refractivity contribution in [2.45, 2.75) is 33.0 Å². The third-order valence-electron chi connectivity index (χ3n) is 4.87. The molecule has 3 rings (SSSR count). The van der Waals surface area contributed by atoms with Crippen LogP contribution in [0.5, 0.6) is 5.75 Å². The monoisotopic (exact) mass is 441 g/mol. The molecule has 0 bridgehead atoms. The van der Waals surface area contributed by atoms with Crippen LogP contribution in [0.3, 0.4) is 0 Å². The Morgan fingerprint density at radius 3 is 2.65 bits per heavy atom. The van der Waals surface area contributed by atoms with Gasteiger partial charge >= 0.3 is 12.3 Å². The van der Waals surface area contributed by atoms with Gasteiger partial charge < -0.3 is 24.5 Å². The molecule has 8 nitrogen and oxygen atoms in total. The van der Waals surface area contributed by atoms with E-state index in [1.165, 1.54) is 34.9 Å². The van der Waals surface area contributed by atoms with E-state index in [1.54, 1.807) is 20.0 Å². The lowest BCUT2D eigenvalue weighted by molar-refractivity contribution is -0.274. The number of esters is 1. The Hall–Kier alpha value is -3.21. The molecule has 31 heavy (non-hydrogen) atoms. The Bertz CT molecular complexity index is 989. The van der Waals surface area contributed by atoms with Gasteiger partial charge in [0.15, 0.2) is 0 Å². The number of alkyl halides is 3. The first-order valence-electron chi connectivity index (χ1n) is 9.43. The number of carbonyl (C=O) groups excluding carboxylic acids is 2. The molecule has 0 saturated heterocycles. The lowest BCUT2D eigenvalue weighted by Crippen LogP contribution is -2.54. The number of H-pyrrole nitrogens is 1. The van der Waals surface area contributed by atoms with E-state index in [2.05, 4.69) is 9.72 Å². The molecule has 168 valence electrons. The van der Waals surface area contributed by atoms with Crippen molar-refractivity contribution >= 4 is 17.6 Å². The first kappa shape index (κ1) is 22.5. The zero-order valence-corrected chi connectivity index (χ0v) is 17.1. The molecule has 2 heterocycles. The number of carbonyl (C=O) groups is 2. The fraction of sp³-hybridized carbons (Fsp3) is 0.400. The van der Waals surface area contributed by atoms with E-state index in [0.29, 0.717) is 28.9 Å². The molecule has 0 aliphatic carbocycles. The van der Waals surface area contributed by atoms with Gasteiger partial charge in [-0.25, -0.2) is 0 Å². The van der Waals surface area contributed by atoms with Crippen LogP contribution in [0.4, 0.5) is 18.9 Å². The number of nitrogens with one attached hydrogen (secondary N) is 1. The molecule has 2 aromatic rings. The predicted molar refractivity (Wildman–Crippen MR) is 104 cm³/mol. The van der Waals surface area contributed by atoms with E-state index in [1.807, 2.05) is 0 Å². The van der Waals surface area contributed by atoms with Gasteiger partial charge in [0, 0.05) is 26.1 Å². The lowest BCUT2D eigenvalue weighted by atomic mass is 10.1. The van der Waals surface area contributed by atoms with Crippen LogP contribution in [0.25, 0.3) is 11.3 Å². The minimum absolute atomic E-state index is 0.101. The topological polar surface area (TPSA) is 95.1 Å². The predicted octanol–water partition coefficient (Wildman–Crippen LogP) is 3.01. The van der Waals surface area contributed by atoms with E-state index >= 15 is 0 Å². The van der Waals surface area contributed by atoms with Crippen LogP contribution >= 0.6 is 0 Å². The number of aromatic amines is 1. The zero-order chi connectivity index (χ0) is 22.9. The van der Waals surface area contributed by atoms with Gasteiger partial charge in [-0.1, -0.05) is 12.1 Å². The summed E-state index contributed by atoms with van der Waals surface area (Å²) in [5.41, 5.74) is 2.08. The minimum atomic E-state index is -4.82. The van der Waals surface area contributed by atoms with Gasteiger partial charge in [0.2, 0.25) is 6.35 Å². The maximum atomic E-state index is 13.0. The second kappa shape index (κ2) is 8.50. The molecule has 1 aromatic carbocycles. The number of aliphatic hydroxyl groups is 1. The molecule has 1 amide bonds. The number of ether oxygens (including phenoxy) is 2. The van der Waals surface area contributed by atoms with E-state index in [0.717, 1.165) is 0 Å². The SMILES string of the molecule is CC(=O)OCCCN1C(=O)c2[nH]c(-c3cccc(OC(F)(F)F)c3)c(C)c2N(C)C1O. The van der Waals surface area contributed by atoms with Crippen LogP contribution in [0.2, 0.25) is 0 Å². The molecule has 1 aromatic heterocycles. The number of rotatable bonds is 6. The Kier molecular flexibility index (Phi) is 6.16. The smallest absolute Gasteiger partial charge is 0.466 e. The van der Waals surface area contributed by atoms with Gasteiger partial charge in [-0.05, 0) is 31.0 Å². The average molecular weight is 441 g/mol. The van der Waals surface area contributed by atoms with Crippen molar-refractivity contribution in [3.63, 3.8) is 0 Å². The number of aliphatic hydroxyl groups excluding tert-OH is 1. The highest BCUT2D eigenvalue weighted by molar-refractivity contribution is 6.03. The summed E-state index contributed by atoms with van der Waals surface area (Å²) in [5, 5.41) is 10.6. The summed E-state index contributed by atoms with van der Waals surface area (Å²) in [6.07, 6.45) is -5.75. The summed E-state index contributed by atoms with van der Waals surface area (Å²) >= 11 is 0. The summed E-state index contributed by atoms with van der Waals surface area (Å²) in [7, 11) is 1.60. The highest BCUT2D eigenvalue weighted by atomic mass is 19.4. The van der Waals surface area contributed by atoms with Crippen molar-refractivity contribution in [3.8, 4) is 17.0 Å². The number of amides is 1. The maximum Gasteiger partial charge on any atom is 0.573 e. The summed E-state index contributed by atoms with van der Waals surface area (Å²) in [6, 6.07) is 5.40. The van der Waals surface area contributed by atoms with Gasteiger partial charge in [-0.2, -0.15) is 0 Å². The first-order chi connectivity index (χ1) is 14.5. The number of halogens is 3. The van der Waals surface area contributed by atoms with Gasteiger partial charge in [-0.3, -0.25) is 14.5 Å². The third kappa shape index (κ3) is 4.76. The Balaban J connectivity index is 1.90. The standard InChI is InChI=1S/C20H22F3N3O5/c1-11-15(13-6-4-7-14(10-13)31-20(21,22)23)24-16-17(11)25(3)19(29)26(18(16)28)8-5-9-30-12(2)27/h4,6-7,10,19,24,29H,5,8-9H2,1-3H3. The normalized spacial score (nSPS) is 16.4. The van der Waals surface area contributed by atoms with Gasteiger partial charge in [0.25, 0.3) is 5.91 Å². The van der Waals surface area contributed by atoms with Crippen molar-refractivity contribution in [1.29, 1.82) is 0 Å². The van der Waals surface area contributed by atoms with Crippen molar-refractivity contribution in [1.82, 2.24) is 9.88 Å². The number of hydrogen-bond donors (Lipinski definition) is 2. The van der Waals surface area contributed by atoms with Gasteiger partial charge in [-0.15, -0.1) is 13.2 Å². The molecule has 0 radical (unpaired) electrons. The number of nitrogens with zero attached hydrogens (tertiary/aromatic N) is 2. The van der Waals surface area contributed by atoms with Crippen LogP contribution in [0.1, 0.15) is 29.4 Å². The number of fused-ring (bicyclic) bond motifs is 1.